The normalized spacial score (nSPS) is 23.8. The van der Waals surface area contributed by atoms with Crippen LogP contribution < -0.4 is 10.6 Å². The quantitative estimate of drug-likeness (QED) is 0.115. The third-order valence-corrected chi connectivity index (χ3v) is 10.4. The minimum absolute atomic E-state index is 0.0769. The fraction of sp³-hybridized carbons (Fsp3) is 0.778. The summed E-state index contributed by atoms with van der Waals surface area (Å²) in [6.45, 7) is 18.1. The number of allylic oxidation sites excluding steroid dienone is 1. The van der Waals surface area contributed by atoms with Gasteiger partial charge < -0.3 is 20.3 Å². The molecule has 49 heavy (non-hydrogen) atoms. The molecule has 1 heterocycles. The molecule has 7 atom stereocenters. The highest BCUT2D eigenvalue weighted by molar-refractivity contribution is 6.38. The van der Waals surface area contributed by atoms with Gasteiger partial charge in [-0.05, 0) is 67.1 Å². The molecule has 276 valence electrons. The van der Waals surface area contributed by atoms with Crippen LogP contribution in [0.3, 0.4) is 0 Å². The molecule has 2 N–H and O–H groups in total. The van der Waals surface area contributed by atoms with Gasteiger partial charge in [-0.15, -0.1) is 6.58 Å². The molecule has 0 aromatic heterocycles. The number of carbonyl (C=O) groups is 6. The first-order valence-electron chi connectivity index (χ1n) is 17.4. The van der Waals surface area contributed by atoms with Crippen molar-refractivity contribution in [1.29, 1.82) is 0 Å². The Hall–Kier alpha value is -3.25. The number of hydrogen-bond acceptors (Lipinski definition) is 7. The molecule has 10 nitrogen and oxygen atoms in total. The summed E-state index contributed by atoms with van der Waals surface area (Å²) in [7, 11) is 0. The zero-order valence-electron chi connectivity index (χ0n) is 30.1. The maximum atomic E-state index is 14.3. The second-order valence-electron chi connectivity index (χ2n) is 16.1. The van der Waals surface area contributed by atoms with Gasteiger partial charge in [0.2, 0.25) is 11.7 Å². The minimum atomic E-state index is -4.60. The molecule has 0 aromatic rings. The molecular weight excluding hydrogens is 643 g/mol. The van der Waals surface area contributed by atoms with Gasteiger partial charge in [0.25, 0.3) is 0 Å². The molecule has 1 saturated heterocycles. The number of esters is 1. The molecule has 3 rings (SSSR count). The number of amides is 3. The van der Waals surface area contributed by atoms with E-state index in [1.807, 2.05) is 20.8 Å². The van der Waals surface area contributed by atoms with Gasteiger partial charge in [-0.2, -0.15) is 13.2 Å². The largest absolute Gasteiger partial charge is 0.461 e. The smallest absolute Gasteiger partial charge is 0.389 e. The summed E-state index contributed by atoms with van der Waals surface area (Å²) in [5, 5.41) is 5.36. The Kier molecular flexibility index (Phi) is 12.6. The average molecular weight is 698 g/mol. The molecular formula is C36H54F3N3O7. The van der Waals surface area contributed by atoms with Crippen LogP contribution in [-0.4, -0.2) is 77.1 Å². The Labute approximate surface area is 287 Å². The van der Waals surface area contributed by atoms with Gasteiger partial charge in [0, 0.05) is 31.7 Å². The number of piperidine rings is 1. The number of nitrogens with zero attached hydrogens (tertiary/aromatic N) is 1. The van der Waals surface area contributed by atoms with Gasteiger partial charge >= 0.3 is 18.2 Å². The summed E-state index contributed by atoms with van der Waals surface area (Å²) in [4.78, 5) is 81.5. The predicted molar refractivity (Wildman–Crippen MR) is 176 cm³/mol. The van der Waals surface area contributed by atoms with Crippen molar-refractivity contribution in [3.63, 3.8) is 0 Å². The van der Waals surface area contributed by atoms with E-state index in [0.29, 0.717) is 5.92 Å². The highest BCUT2D eigenvalue weighted by atomic mass is 19.4. The summed E-state index contributed by atoms with van der Waals surface area (Å²) >= 11 is 0. The number of urea groups is 1. The molecule has 3 amide bonds. The first kappa shape index (κ1) is 40.2. The number of rotatable bonds is 17. The van der Waals surface area contributed by atoms with E-state index < -0.39 is 90.2 Å². The lowest BCUT2D eigenvalue weighted by Crippen LogP contribution is -2.61. The van der Waals surface area contributed by atoms with Crippen LogP contribution >= 0.6 is 0 Å². The number of halogens is 3. The second-order valence-corrected chi connectivity index (χ2v) is 16.1. The highest BCUT2D eigenvalue weighted by Gasteiger charge is 2.69. The fourth-order valence-corrected chi connectivity index (χ4v) is 7.04. The number of ketones is 3. The first-order valence-corrected chi connectivity index (χ1v) is 17.4. The molecule has 0 bridgehead atoms. The summed E-state index contributed by atoms with van der Waals surface area (Å²) in [6, 6.07) is -3.95. The number of carbonyl (C=O) groups excluding carboxylic acids is 6. The Morgan fingerprint density at radius 1 is 1.02 bits per heavy atom. The molecule has 13 heteroatoms. The van der Waals surface area contributed by atoms with E-state index in [0.717, 1.165) is 12.8 Å². The zero-order chi connectivity index (χ0) is 37.2. The van der Waals surface area contributed by atoms with E-state index in [1.165, 1.54) is 11.0 Å². The van der Waals surface area contributed by atoms with Gasteiger partial charge in [-0.3, -0.25) is 19.2 Å². The van der Waals surface area contributed by atoms with Crippen molar-refractivity contribution in [3.05, 3.63) is 12.7 Å². The number of alkyl halides is 3. The monoisotopic (exact) mass is 697 g/mol. The van der Waals surface area contributed by atoms with Gasteiger partial charge in [0.05, 0.1) is 6.04 Å². The van der Waals surface area contributed by atoms with E-state index in [2.05, 4.69) is 17.2 Å². The van der Waals surface area contributed by atoms with Gasteiger partial charge in [0.1, 0.15) is 18.2 Å². The van der Waals surface area contributed by atoms with Crippen LogP contribution in [0.4, 0.5) is 18.0 Å². The Morgan fingerprint density at radius 3 is 2.14 bits per heavy atom. The summed E-state index contributed by atoms with van der Waals surface area (Å²) in [6.07, 6.45) is -4.25. The molecule has 2 saturated carbocycles. The van der Waals surface area contributed by atoms with Gasteiger partial charge in [-0.1, -0.05) is 54.5 Å². The van der Waals surface area contributed by atoms with Crippen LogP contribution in [0.2, 0.25) is 0 Å². The summed E-state index contributed by atoms with van der Waals surface area (Å²) in [5.41, 5.74) is -1.20. The Balaban J connectivity index is 1.82. The Morgan fingerprint density at radius 2 is 1.63 bits per heavy atom. The number of Topliss-reactive ketones (excluding diaryl/α,β-unsaturated/α-hetero) is 3. The van der Waals surface area contributed by atoms with E-state index in [1.54, 1.807) is 34.6 Å². The number of nitrogens with one attached hydrogen (secondary N) is 2. The standard InChI is InChI=1S/C36H54F3N3O7/c1-10-11-12-24(43)29(45)22(15-16-36(37,38)39)17-25(44)28-26-23(35(26,8)9)18-42(28)31(46)30(34(5,6)7)41-33(48)40-27(19(2)3)32(47)49-20(4)21-13-14-21/h10,19-23,26-28,30H,1,11-18H2,2-9H3,(H2,40,41,48)/t20?,22?,23-,26-,27-,28+,30+/m0/s1. The van der Waals surface area contributed by atoms with Crippen LogP contribution in [-0.2, 0) is 28.7 Å². The lowest BCUT2D eigenvalue weighted by molar-refractivity contribution is -0.152. The second kappa shape index (κ2) is 15.3. The molecule has 2 unspecified atom stereocenters. The van der Waals surface area contributed by atoms with Crippen molar-refractivity contribution in [2.45, 2.75) is 131 Å². The van der Waals surface area contributed by atoms with Crippen molar-refractivity contribution in [2.75, 3.05) is 6.54 Å². The van der Waals surface area contributed by atoms with Crippen molar-refractivity contribution < 1.29 is 46.7 Å². The Bertz CT molecular complexity index is 1300. The summed E-state index contributed by atoms with van der Waals surface area (Å²) in [5.74, 6) is -5.50. The number of hydrogen-bond donors (Lipinski definition) is 2. The van der Waals surface area contributed by atoms with Crippen molar-refractivity contribution in [1.82, 2.24) is 15.5 Å². The predicted octanol–water partition coefficient (Wildman–Crippen LogP) is 5.57. The van der Waals surface area contributed by atoms with Crippen molar-refractivity contribution in [3.8, 4) is 0 Å². The van der Waals surface area contributed by atoms with Crippen LogP contribution in [0.15, 0.2) is 12.7 Å². The fourth-order valence-electron chi connectivity index (χ4n) is 7.04. The third kappa shape index (κ3) is 10.2. The number of fused-ring (bicyclic) bond motifs is 1. The topological polar surface area (TPSA) is 139 Å². The van der Waals surface area contributed by atoms with Crippen LogP contribution in [0.25, 0.3) is 0 Å². The van der Waals surface area contributed by atoms with Gasteiger partial charge in [-0.25, -0.2) is 9.59 Å². The lowest BCUT2D eigenvalue weighted by Gasteiger charge is -2.38. The van der Waals surface area contributed by atoms with Crippen molar-refractivity contribution in [2.24, 2.45) is 40.4 Å². The molecule has 2 aliphatic carbocycles. The maximum absolute atomic E-state index is 14.3. The summed E-state index contributed by atoms with van der Waals surface area (Å²) < 4.78 is 45.2. The lowest BCUT2D eigenvalue weighted by atomic mass is 9.83. The third-order valence-electron chi connectivity index (χ3n) is 10.4. The molecule has 0 radical (unpaired) electrons. The minimum Gasteiger partial charge on any atom is -0.461 e. The van der Waals surface area contributed by atoms with E-state index in [-0.39, 0.29) is 48.7 Å². The molecule has 0 aromatic carbocycles. The maximum Gasteiger partial charge on any atom is 0.389 e. The van der Waals surface area contributed by atoms with Crippen LogP contribution in [0.5, 0.6) is 0 Å². The number of likely N-dealkylation sites (tertiary alicyclic amines) is 1. The average Bonchev–Trinajstić information content (AvgIpc) is 3.87. The van der Waals surface area contributed by atoms with E-state index >= 15 is 0 Å². The van der Waals surface area contributed by atoms with E-state index in [9.17, 15) is 41.9 Å². The van der Waals surface area contributed by atoms with Crippen LogP contribution in [0, 0.1) is 40.4 Å². The molecule has 3 fully saturated rings. The molecule has 0 spiro atoms. The van der Waals surface area contributed by atoms with Crippen molar-refractivity contribution >= 4 is 35.3 Å². The van der Waals surface area contributed by atoms with Crippen LogP contribution in [0.1, 0.15) is 100 Å². The first-order chi connectivity index (χ1) is 22.5. The van der Waals surface area contributed by atoms with Gasteiger partial charge in [0.15, 0.2) is 11.6 Å². The SMILES string of the molecule is C=CCCC(=O)C(=O)C(CCC(F)(F)F)CC(=O)[C@@H]1[C@@H]2[C@H](CN1C(=O)[C@@H](NC(=O)N[C@H](C(=O)OC(C)C1CC1)C(C)C)C(C)(C)C)C2(C)C. The molecule has 1 aliphatic heterocycles. The molecule has 3 aliphatic rings. The number of ether oxygens (including phenoxy) is 1. The highest BCUT2D eigenvalue weighted by Crippen LogP contribution is 2.65. The zero-order valence-corrected chi connectivity index (χ0v) is 30.1. The van der Waals surface area contributed by atoms with E-state index in [4.69, 9.17) is 4.74 Å².